The smallest absolute Gasteiger partial charge is 0.356 e. The second-order valence-electron chi connectivity index (χ2n) is 3.84. The zero-order valence-electron chi connectivity index (χ0n) is 11.3. The molecule has 0 unspecified atom stereocenters. The number of rotatable bonds is 5. The third kappa shape index (κ3) is 4.54. The van der Waals surface area contributed by atoms with Crippen molar-refractivity contribution >= 4 is 18.0 Å². The Morgan fingerprint density at radius 3 is 2.74 bits per heavy atom. The number of pyridine rings is 1. The summed E-state index contributed by atoms with van der Waals surface area (Å²) in [6.07, 6.45) is 5.23. The van der Waals surface area contributed by atoms with Crippen LogP contribution in [0.3, 0.4) is 0 Å². The summed E-state index contributed by atoms with van der Waals surface area (Å²) in [5, 5.41) is 0. The van der Waals surface area contributed by atoms with Crippen molar-refractivity contribution in [2.75, 3.05) is 13.7 Å². The lowest BCUT2D eigenvalue weighted by molar-refractivity contribution is -0.142. The predicted molar refractivity (Wildman–Crippen MR) is 70.6 cm³/mol. The van der Waals surface area contributed by atoms with E-state index in [9.17, 15) is 9.59 Å². The minimum atomic E-state index is -0.459. The first-order chi connectivity index (χ1) is 9.08. The van der Waals surface area contributed by atoms with Crippen molar-refractivity contribution in [1.29, 1.82) is 0 Å². The molecule has 1 rings (SSSR count). The summed E-state index contributed by atoms with van der Waals surface area (Å²) in [6, 6.07) is 1.81. The molecule has 0 aliphatic heterocycles. The highest BCUT2D eigenvalue weighted by Crippen LogP contribution is 2.10. The number of methoxy groups -OCH3 is 1. The molecule has 0 atom stereocenters. The van der Waals surface area contributed by atoms with Gasteiger partial charge in [-0.1, -0.05) is 12.2 Å². The summed E-state index contributed by atoms with van der Waals surface area (Å²) < 4.78 is 9.42. The van der Waals surface area contributed by atoms with Crippen LogP contribution < -0.4 is 0 Å². The SMILES string of the molecule is CCOC(=O)CC=Cc1cnc(C(=O)OC)c(C)c1. The molecular formula is C14H17NO4. The van der Waals surface area contributed by atoms with E-state index < -0.39 is 5.97 Å². The van der Waals surface area contributed by atoms with Crippen molar-refractivity contribution in [3.63, 3.8) is 0 Å². The van der Waals surface area contributed by atoms with Crippen LogP contribution in [0.15, 0.2) is 18.3 Å². The zero-order chi connectivity index (χ0) is 14.3. The zero-order valence-corrected chi connectivity index (χ0v) is 11.3. The van der Waals surface area contributed by atoms with E-state index in [1.807, 2.05) is 0 Å². The minimum Gasteiger partial charge on any atom is -0.466 e. The van der Waals surface area contributed by atoms with E-state index in [0.29, 0.717) is 12.3 Å². The van der Waals surface area contributed by atoms with Gasteiger partial charge < -0.3 is 9.47 Å². The molecule has 1 heterocycles. The van der Waals surface area contributed by atoms with E-state index in [2.05, 4.69) is 9.72 Å². The number of aromatic nitrogens is 1. The molecule has 0 bridgehead atoms. The van der Waals surface area contributed by atoms with Gasteiger partial charge in [0.15, 0.2) is 5.69 Å². The van der Waals surface area contributed by atoms with Crippen molar-refractivity contribution < 1.29 is 19.1 Å². The standard InChI is InChI=1S/C14H17NO4/c1-4-19-12(16)7-5-6-11-8-10(2)13(15-9-11)14(17)18-3/h5-6,8-9H,4,7H2,1-3H3. The van der Waals surface area contributed by atoms with Gasteiger partial charge in [-0.15, -0.1) is 0 Å². The molecule has 0 spiro atoms. The van der Waals surface area contributed by atoms with Gasteiger partial charge in [0.25, 0.3) is 0 Å². The molecule has 0 radical (unpaired) electrons. The van der Waals surface area contributed by atoms with E-state index >= 15 is 0 Å². The summed E-state index contributed by atoms with van der Waals surface area (Å²) in [4.78, 5) is 26.5. The molecule has 1 aromatic heterocycles. The average Bonchev–Trinajstić information content (AvgIpc) is 2.38. The van der Waals surface area contributed by atoms with E-state index in [1.54, 1.807) is 38.3 Å². The Bertz CT molecular complexity index is 494. The van der Waals surface area contributed by atoms with Gasteiger partial charge in [-0.2, -0.15) is 0 Å². The minimum absolute atomic E-state index is 0.214. The highest BCUT2D eigenvalue weighted by atomic mass is 16.5. The number of esters is 2. The lowest BCUT2D eigenvalue weighted by Crippen LogP contribution is -2.06. The topological polar surface area (TPSA) is 65.5 Å². The number of hydrogen-bond acceptors (Lipinski definition) is 5. The monoisotopic (exact) mass is 263 g/mol. The maximum Gasteiger partial charge on any atom is 0.356 e. The first-order valence-corrected chi connectivity index (χ1v) is 5.95. The van der Waals surface area contributed by atoms with Crippen LogP contribution in [0.25, 0.3) is 6.08 Å². The molecule has 0 aromatic carbocycles. The molecule has 0 saturated carbocycles. The van der Waals surface area contributed by atoms with Crippen LogP contribution in [-0.2, 0) is 14.3 Å². The molecule has 0 saturated heterocycles. The molecule has 102 valence electrons. The Balaban J connectivity index is 2.71. The second kappa shape index (κ2) is 7.31. The molecule has 19 heavy (non-hydrogen) atoms. The van der Waals surface area contributed by atoms with Gasteiger partial charge in [0, 0.05) is 6.20 Å². The third-order valence-electron chi connectivity index (χ3n) is 2.38. The van der Waals surface area contributed by atoms with Gasteiger partial charge in [0.05, 0.1) is 20.1 Å². The van der Waals surface area contributed by atoms with Crippen molar-refractivity contribution in [2.45, 2.75) is 20.3 Å². The fourth-order valence-corrected chi connectivity index (χ4v) is 1.51. The molecule has 5 heteroatoms. The molecule has 0 aliphatic rings. The van der Waals surface area contributed by atoms with E-state index in [4.69, 9.17) is 4.74 Å². The van der Waals surface area contributed by atoms with E-state index in [0.717, 1.165) is 11.1 Å². The summed E-state index contributed by atoms with van der Waals surface area (Å²) in [6.45, 7) is 3.92. The van der Waals surface area contributed by atoms with Crippen LogP contribution in [0.5, 0.6) is 0 Å². The van der Waals surface area contributed by atoms with Gasteiger partial charge in [0.1, 0.15) is 0 Å². The van der Waals surface area contributed by atoms with E-state index in [-0.39, 0.29) is 12.4 Å². The average molecular weight is 263 g/mol. The fraction of sp³-hybridized carbons (Fsp3) is 0.357. The number of nitrogens with zero attached hydrogens (tertiary/aromatic N) is 1. The summed E-state index contributed by atoms with van der Waals surface area (Å²) in [5.74, 6) is -0.728. The fourth-order valence-electron chi connectivity index (χ4n) is 1.51. The number of hydrogen-bond donors (Lipinski definition) is 0. The quantitative estimate of drug-likeness (QED) is 0.761. The van der Waals surface area contributed by atoms with Crippen LogP contribution in [0.1, 0.15) is 35.0 Å². The maximum atomic E-state index is 11.4. The first-order valence-electron chi connectivity index (χ1n) is 5.95. The molecule has 0 amide bonds. The molecule has 0 N–H and O–H groups in total. The van der Waals surface area contributed by atoms with Crippen LogP contribution in [-0.4, -0.2) is 30.6 Å². The Kier molecular flexibility index (Phi) is 5.73. The highest BCUT2D eigenvalue weighted by Gasteiger charge is 2.10. The Hall–Kier alpha value is -2.17. The lowest BCUT2D eigenvalue weighted by Gasteiger charge is -2.03. The normalized spacial score (nSPS) is 10.5. The third-order valence-corrected chi connectivity index (χ3v) is 2.38. The van der Waals surface area contributed by atoms with E-state index in [1.165, 1.54) is 7.11 Å². The lowest BCUT2D eigenvalue weighted by atomic mass is 10.1. The Morgan fingerprint density at radius 1 is 1.42 bits per heavy atom. The predicted octanol–water partition coefficient (Wildman–Crippen LogP) is 2.14. The summed E-state index contributed by atoms with van der Waals surface area (Å²) in [5.41, 5.74) is 1.84. The van der Waals surface area contributed by atoms with Crippen LogP contribution in [0.2, 0.25) is 0 Å². The number of aryl methyl sites for hydroxylation is 1. The largest absolute Gasteiger partial charge is 0.466 e. The number of carbonyl (C=O) groups excluding carboxylic acids is 2. The summed E-state index contributed by atoms with van der Waals surface area (Å²) in [7, 11) is 1.32. The van der Waals surface area contributed by atoms with Crippen molar-refractivity contribution in [3.8, 4) is 0 Å². The van der Waals surface area contributed by atoms with Crippen LogP contribution >= 0.6 is 0 Å². The van der Waals surface area contributed by atoms with Gasteiger partial charge in [-0.05, 0) is 31.0 Å². The number of ether oxygens (including phenoxy) is 2. The molecule has 5 nitrogen and oxygen atoms in total. The molecule has 1 aromatic rings. The van der Waals surface area contributed by atoms with Gasteiger partial charge in [-0.25, -0.2) is 9.78 Å². The second-order valence-corrected chi connectivity index (χ2v) is 3.84. The van der Waals surface area contributed by atoms with Crippen molar-refractivity contribution in [2.24, 2.45) is 0 Å². The summed E-state index contributed by atoms with van der Waals surface area (Å²) >= 11 is 0. The molecule has 0 aliphatic carbocycles. The first kappa shape index (κ1) is 14.9. The molecule has 0 fully saturated rings. The van der Waals surface area contributed by atoms with Crippen molar-refractivity contribution in [3.05, 3.63) is 35.2 Å². The van der Waals surface area contributed by atoms with Gasteiger partial charge in [-0.3, -0.25) is 4.79 Å². The Labute approximate surface area is 112 Å². The van der Waals surface area contributed by atoms with Gasteiger partial charge >= 0.3 is 11.9 Å². The maximum absolute atomic E-state index is 11.4. The number of carbonyl (C=O) groups is 2. The highest BCUT2D eigenvalue weighted by molar-refractivity contribution is 5.88. The Morgan fingerprint density at radius 2 is 2.16 bits per heavy atom. The van der Waals surface area contributed by atoms with Crippen LogP contribution in [0.4, 0.5) is 0 Å². The van der Waals surface area contributed by atoms with Crippen LogP contribution in [0, 0.1) is 6.92 Å². The van der Waals surface area contributed by atoms with Crippen molar-refractivity contribution in [1.82, 2.24) is 4.98 Å². The van der Waals surface area contributed by atoms with Gasteiger partial charge in [0.2, 0.25) is 0 Å². The molecular weight excluding hydrogens is 246 g/mol.